The maximum absolute atomic E-state index is 13.9. The fourth-order valence-corrected chi connectivity index (χ4v) is 4.50. The van der Waals surface area contributed by atoms with Crippen molar-refractivity contribution in [2.24, 2.45) is 0 Å². The highest BCUT2D eigenvalue weighted by Crippen LogP contribution is 2.32. The lowest BCUT2D eigenvalue weighted by atomic mass is 10.1. The van der Waals surface area contributed by atoms with E-state index in [0.29, 0.717) is 28.8 Å². The fourth-order valence-electron chi connectivity index (χ4n) is 3.64. The number of nitrogens with zero attached hydrogens (tertiary/aromatic N) is 3. The third-order valence-electron chi connectivity index (χ3n) is 5.37. The molecule has 8 nitrogen and oxygen atoms in total. The highest BCUT2D eigenvalue weighted by atomic mass is 32.2. The number of halogens is 1. The van der Waals surface area contributed by atoms with E-state index in [1.54, 1.807) is 35.8 Å². The van der Waals surface area contributed by atoms with Crippen LogP contribution in [0.5, 0.6) is 0 Å². The molecule has 3 amide bonds. The monoisotopic (exact) mass is 480 g/mol. The normalized spacial score (nSPS) is 14.9. The zero-order valence-electron chi connectivity index (χ0n) is 18.5. The van der Waals surface area contributed by atoms with Crippen molar-refractivity contribution in [2.75, 3.05) is 13.1 Å². The Morgan fingerprint density at radius 3 is 2.68 bits per heavy atom. The van der Waals surface area contributed by atoms with Gasteiger partial charge in [-0.1, -0.05) is 18.2 Å². The van der Waals surface area contributed by atoms with E-state index in [4.69, 9.17) is 0 Å². The molecule has 0 saturated carbocycles. The molecule has 0 unspecified atom stereocenters. The van der Waals surface area contributed by atoms with Gasteiger partial charge in [0.15, 0.2) is 0 Å². The number of aryl methyl sites for hydroxylation is 2. The standard InChI is InChI=1S/C24H21FN4O4S/c1-3-28-19-9-8-16(12-18(19)27-14(2)22(28)31)21(30)26-10-11-29-23(32)20(34-24(29)33)13-15-6-4-5-7-17(15)25/h4-9,12-13H,3,10-11H2,1-2H3,(H,26,30)/b20-13-. The van der Waals surface area contributed by atoms with Crippen LogP contribution in [0.4, 0.5) is 9.18 Å². The SMILES string of the molecule is CCn1c(=O)c(C)nc2cc(C(=O)NCCN3C(=O)S/C(=C\c4ccccc4F)C3=O)ccc21. The Kier molecular flexibility index (Phi) is 6.60. The summed E-state index contributed by atoms with van der Waals surface area (Å²) in [6, 6.07) is 10.8. The molecular weight excluding hydrogens is 459 g/mol. The molecule has 174 valence electrons. The van der Waals surface area contributed by atoms with Gasteiger partial charge < -0.3 is 9.88 Å². The van der Waals surface area contributed by atoms with Crippen molar-refractivity contribution >= 4 is 45.9 Å². The van der Waals surface area contributed by atoms with E-state index in [9.17, 15) is 23.6 Å². The number of carbonyl (C=O) groups is 3. The first-order valence-corrected chi connectivity index (χ1v) is 11.4. The van der Waals surface area contributed by atoms with Gasteiger partial charge in [-0.2, -0.15) is 0 Å². The summed E-state index contributed by atoms with van der Waals surface area (Å²) in [5.74, 6) is -1.42. The Balaban J connectivity index is 1.43. The predicted octanol–water partition coefficient (Wildman–Crippen LogP) is 3.33. The number of aromatic nitrogens is 2. The molecule has 0 atom stereocenters. The number of hydrogen-bond donors (Lipinski definition) is 1. The molecule has 3 aromatic rings. The van der Waals surface area contributed by atoms with Gasteiger partial charge in [-0.15, -0.1) is 0 Å². The number of imide groups is 1. The van der Waals surface area contributed by atoms with E-state index in [2.05, 4.69) is 10.3 Å². The van der Waals surface area contributed by atoms with Crippen LogP contribution in [0.2, 0.25) is 0 Å². The molecule has 2 heterocycles. The number of benzene rings is 2. The smallest absolute Gasteiger partial charge is 0.293 e. The van der Waals surface area contributed by atoms with Crippen LogP contribution in [0.15, 0.2) is 52.2 Å². The number of amides is 3. The fraction of sp³-hybridized carbons (Fsp3) is 0.208. The molecule has 0 bridgehead atoms. The third-order valence-corrected chi connectivity index (χ3v) is 6.28. The van der Waals surface area contributed by atoms with Gasteiger partial charge in [0.25, 0.3) is 22.6 Å². The molecule has 2 aromatic carbocycles. The molecule has 0 aliphatic carbocycles. The average Bonchev–Trinajstić information content (AvgIpc) is 3.08. The maximum Gasteiger partial charge on any atom is 0.293 e. The number of thioether (sulfide) groups is 1. The van der Waals surface area contributed by atoms with Gasteiger partial charge in [0, 0.05) is 30.8 Å². The quantitative estimate of drug-likeness (QED) is 0.543. The molecule has 0 spiro atoms. The predicted molar refractivity (Wildman–Crippen MR) is 128 cm³/mol. The second-order valence-electron chi connectivity index (χ2n) is 7.56. The van der Waals surface area contributed by atoms with Crippen molar-refractivity contribution < 1.29 is 18.8 Å². The molecule has 1 aliphatic heterocycles. The first kappa shape index (κ1) is 23.4. The van der Waals surface area contributed by atoms with Crippen molar-refractivity contribution in [3.05, 3.63) is 80.4 Å². The Morgan fingerprint density at radius 2 is 1.94 bits per heavy atom. The topological polar surface area (TPSA) is 101 Å². The van der Waals surface area contributed by atoms with Crippen molar-refractivity contribution in [1.82, 2.24) is 19.8 Å². The number of nitrogens with one attached hydrogen (secondary N) is 1. The van der Waals surface area contributed by atoms with E-state index >= 15 is 0 Å². The largest absolute Gasteiger partial charge is 0.350 e. The van der Waals surface area contributed by atoms with Crippen molar-refractivity contribution in [3.63, 3.8) is 0 Å². The van der Waals surface area contributed by atoms with Crippen LogP contribution in [-0.4, -0.2) is 44.6 Å². The lowest BCUT2D eigenvalue weighted by Gasteiger charge is -2.13. The number of rotatable bonds is 6. The highest BCUT2D eigenvalue weighted by molar-refractivity contribution is 8.18. The van der Waals surface area contributed by atoms with Gasteiger partial charge in [-0.3, -0.25) is 24.1 Å². The third kappa shape index (κ3) is 4.49. The zero-order chi connectivity index (χ0) is 24.4. The van der Waals surface area contributed by atoms with Crippen LogP contribution >= 0.6 is 11.8 Å². The first-order chi connectivity index (χ1) is 16.3. The molecule has 4 rings (SSSR count). The first-order valence-electron chi connectivity index (χ1n) is 10.6. The minimum atomic E-state index is -0.532. The summed E-state index contributed by atoms with van der Waals surface area (Å²) < 4.78 is 15.5. The number of fused-ring (bicyclic) bond motifs is 1. The van der Waals surface area contributed by atoms with Gasteiger partial charge in [0.2, 0.25) is 0 Å². The Hall–Kier alpha value is -3.79. The van der Waals surface area contributed by atoms with Gasteiger partial charge in [-0.05, 0) is 56.0 Å². The van der Waals surface area contributed by atoms with Crippen molar-refractivity contribution in [3.8, 4) is 0 Å². The van der Waals surface area contributed by atoms with Crippen LogP contribution < -0.4 is 10.9 Å². The van der Waals surface area contributed by atoms with Crippen LogP contribution in [0, 0.1) is 12.7 Å². The summed E-state index contributed by atoms with van der Waals surface area (Å²) in [6.07, 6.45) is 1.35. The van der Waals surface area contributed by atoms with E-state index in [1.807, 2.05) is 6.92 Å². The van der Waals surface area contributed by atoms with Crippen LogP contribution in [0.1, 0.15) is 28.5 Å². The number of hydrogen-bond acceptors (Lipinski definition) is 6. The van der Waals surface area contributed by atoms with Crippen molar-refractivity contribution in [2.45, 2.75) is 20.4 Å². The Labute approximate surface area is 198 Å². The molecule has 1 aromatic heterocycles. The summed E-state index contributed by atoms with van der Waals surface area (Å²) in [7, 11) is 0. The summed E-state index contributed by atoms with van der Waals surface area (Å²) >= 11 is 0.731. The van der Waals surface area contributed by atoms with Gasteiger partial charge in [0.05, 0.1) is 15.9 Å². The molecule has 1 saturated heterocycles. The molecule has 1 aliphatic rings. The zero-order valence-corrected chi connectivity index (χ0v) is 19.3. The van der Waals surface area contributed by atoms with Crippen LogP contribution in [0.3, 0.4) is 0 Å². The van der Waals surface area contributed by atoms with E-state index in [1.165, 1.54) is 24.3 Å². The summed E-state index contributed by atoms with van der Waals surface area (Å²) in [5, 5.41) is 2.21. The lowest BCUT2D eigenvalue weighted by Crippen LogP contribution is -2.37. The molecule has 10 heteroatoms. The van der Waals surface area contributed by atoms with Crippen molar-refractivity contribution in [1.29, 1.82) is 0 Å². The van der Waals surface area contributed by atoms with Crippen LogP contribution in [0.25, 0.3) is 17.1 Å². The van der Waals surface area contributed by atoms with Crippen LogP contribution in [-0.2, 0) is 11.3 Å². The van der Waals surface area contributed by atoms with E-state index in [0.717, 1.165) is 16.7 Å². The van der Waals surface area contributed by atoms with Gasteiger partial charge >= 0.3 is 0 Å². The molecule has 1 N–H and O–H groups in total. The van der Waals surface area contributed by atoms with Gasteiger partial charge in [0.1, 0.15) is 11.5 Å². The average molecular weight is 481 g/mol. The lowest BCUT2D eigenvalue weighted by molar-refractivity contribution is -0.122. The second-order valence-corrected chi connectivity index (χ2v) is 8.55. The molecular formula is C24H21FN4O4S. The highest BCUT2D eigenvalue weighted by Gasteiger charge is 2.34. The minimum absolute atomic E-state index is 0.0225. The number of carbonyl (C=O) groups excluding carboxylic acids is 3. The second kappa shape index (κ2) is 9.60. The minimum Gasteiger partial charge on any atom is -0.350 e. The Morgan fingerprint density at radius 1 is 1.18 bits per heavy atom. The van der Waals surface area contributed by atoms with E-state index < -0.39 is 22.9 Å². The molecule has 0 radical (unpaired) electrons. The summed E-state index contributed by atoms with van der Waals surface area (Å²) in [5.41, 5.74) is 1.89. The summed E-state index contributed by atoms with van der Waals surface area (Å²) in [4.78, 5) is 55.1. The van der Waals surface area contributed by atoms with E-state index in [-0.39, 0.29) is 29.1 Å². The maximum atomic E-state index is 13.9. The summed E-state index contributed by atoms with van der Waals surface area (Å²) in [6.45, 7) is 3.98. The van der Waals surface area contributed by atoms with Gasteiger partial charge in [-0.25, -0.2) is 9.37 Å². The molecule has 1 fully saturated rings. The molecule has 34 heavy (non-hydrogen) atoms. The Bertz CT molecular complexity index is 1420.